The zero-order chi connectivity index (χ0) is 13.2. The Balaban J connectivity index is 1.83. The third-order valence-corrected chi connectivity index (χ3v) is 5.75. The van der Waals surface area contributed by atoms with Gasteiger partial charge in [-0.3, -0.25) is 0 Å². The Labute approximate surface area is 111 Å². The first kappa shape index (κ1) is 14.3. The van der Waals surface area contributed by atoms with E-state index in [2.05, 4.69) is 12.2 Å². The van der Waals surface area contributed by atoms with Crippen LogP contribution in [-0.4, -0.2) is 44.2 Å². The van der Waals surface area contributed by atoms with Gasteiger partial charge < -0.3 is 5.32 Å². The van der Waals surface area contributed by atoms with Crippen LogP contribution in [0.4, 0.5) is 0 Å². The second-order valence-corrected chi connectivity index (χ2v) is 8.26. The molecule has 0 aromatic heterocycles. The standard InChI is InChI=1S/C13H26N2O2S/c1-13(7-3-4-8-13)14-10-12-6-5-9-15(11-12)18(2,16)17/h12,14H,3-11H2,1-2H3. The molecule has 18 heavy (non-hydrogen) atoms. The van der Waals surface area contributed by atoms with E-state index in [1.54, 1.807) is 4.31 Å². The molecule has 1 saturated carbocycles. The van der Waals surface area contributed by atoms with Crippen LogP contribution in [0.5, 0.6) is 0 Å². The van der Waals surface area contributed by atoms with E-state index in [0.717, 1.165) is 19.4 Å². The smallest absolute Gasteiger partial charge is 0.211 e. The van der Waals surface area contributed by atoms with Crippen LogP contribution >= 0.6 is 0 Å². The third kappa shape index (κ3) is 3.68. The molecule has 1 aliphatic heterocycles. The fraction of sp³-hybridized carbons (Fsp3) is 1.00. The Morgan fingerprint density at radius 3 is 2.56 bits per heavy atom. The Hall–Kier alpha value is -0.130. The van der Waals surface area contributed by atoms with Gasteiger partial charge in [-0.15, -0.1) is 0 Å². The molecule has 0 aromatic rings. The quantitative estimate of drug-likeness (QED) is 0.847. The molecule has 1 unspecified atom stereocenters. The van der Waals surface area contributed by atoms with E-state index in [-0.39, 0.29) is 0 Å². The van der Waals surface area contributed by atoms with Crippen molar-refractivity contribution in [2.24, 2.45) is 5.92 Å². The largest absolute Gasteiger partial charge is 0.311 e. The van der Waals surface area contributed by atoms with Crippen LogP contribution in [0.3, 0.4) is 0 Å². The summed E-state index contributed by atoms with van der Waals surface area (Å²) in [6.07, 6.45) is 8.63. The molecule has 0 amide bonds. The molecule has 2 rings (SSSR count). The first-order chi connectivity index (χ1) is 8.39. The molecule has 2 aliphatic rings. The minimum Gasteiger partial charge on any atom is -0.311 e. The molecule has 0 bridgehead atoms. The van der Waals surface area contributed by atoms with Gasteiger partial charge in [0.25, 0.3) is 0 Å². The van der Waals surface area contributed by atoms with Crippen molar-refractivity contribution in [1.82, 2.24) is 9.62 Å². The molecule has 0 aromatic carbocycles. The maximum Gasteiger partial charge on any atom is 0.211 e. The molecule has 1 N–H and O–H groups in total. The lowest BCUT2D eigenvalue weighted by Gasteiger charge is -2.34. The molecule has 4 nitrogen and oxygen atoms in total. The van der Waals surface area contributed by atoms with E-state index in [9.17, 15) is 8.42 Å². The van der Waals surface area contributed by atoms with Crippen molar-refractivity contribution in [1.29, 1.82) is 0 Å². The van der Waals surface area contributed by atoms with Crippen LogP contribution in [0.15, 0.2) is 0 Å². The van der Waals surface area contributed by atoms with Gasteiger partial charge in [0.1, 0.15) is 0 Å². The van der Waals surface area contributed by atoms with Gasteiger partial charge in [-0.25, -0.2) is 12.7 Å². The summed E-state index contributed by atoms with van der Waals surface area (Å²) >= 11 is 0. The highest BCUT2D eigenvalue weighted by Crippen LogP contribution is 2.29. The zero-order valence-corrected chi connectivity index (χ0v) is 12.4. The van der Waals surface area contributed by atoms with Gasteiger partial charge in [0.05, 0.1) is 6.26 Å². The van der Waals surface area contributed by atoms with Crippen LogP contribution < -0.4 is 5.32 Å². The summed E-state index contributed by atoms with van der Waals surface area (Å²) in [4.78, 5) is 0. The minimum atomic E-state index is -3.01. The molecule has 2 fully saturated rings. The highest BCUT2D eigenvalue weighted by Gasteiger charge is 2.31. The maximum absolute atomic E-state index is 11.6. The average Bonchev–Trinajstić information content (AvgIpc) is 2.74. The number of nitrogens with one attached hydrogen (secondary N) is 1. The summed E-state index contributed by atoms with van der Waals surface area (Å²) in [6, 6.07) is 0. The fourth-order valence-corrected chi connectivity index (χ4v) is 4.16. The summed E-state index contributed by atoms with van der Waals surface area (Å²) in [6.45, 7) is 4.66. The molecule has 1 saturated heterocycles. The molecule has 0 radical (unpaired) electrons. The molecule has 1 heterocycles. The zero-order valence-electron chi connectivity index (χ0n) is 11.6. The van der Waals surface area contributed by atoms with Crippen LogP contribution in [0, 0.1) is 5.92 Å². The van der Waals surface area contributed by atoms with Gasteiger partial charge in [0.15, 0.2) is 0 Å². The summed E-state index contributed by atoms with van der Waals surface area (Å²) in [7, 11) is -3.01. The Morgan fingerprint density at radius 1 is 1.28 bits per heavy atom. The van der Waals surface area contributed by atoms with Crippen LogP contribution in [0.25, 0.3) is 0 Å². The number of sulfonamides is 1. The molecular weight excluding hydrogens is 248 g/mol. The van der Waals surface area contributed by atoms with Gasteiger partial charge in [0, 0.05) is 18.6 Å². The summed E-state index contributed by atoms with van der Waals surface area (Å²) in [5.41, 5.74) is 0.299. The van der Waals surface area contributed by atoms with Crippen LogP contribution in [0.2, 0.25) is 0 Å². The maximum atomic E-state index is 11.6. The van der Waals surface area contributed by atoms with Crippen molar-refractivity contribution in [3.8, 4) is 0 Å². The van der Waals surface area contributed by atoms with Crippen molar-refractivity contribution in [2.75, 3.05) is 25.9 Å². The number of nitrogens with zero attached hydrogens (tertiary/aromatic N) is 1. The SMILES string of the molecule is CC1(NCC2CCCN(S(C)(=O)=O)C2)CCCC1. The van der Waals surface area contributed by atoms with Crippen molar-refractivity contribution in [3.05, 3.63) is 0 Å². The average molecular weight is 274 g/mol. The fourth-order valence-electron chi connectivity index (χ4n) is 3.22. The second kappa shape index (κ2) is 5.47. The lowest BCUT2D eigenvalue weighted by Crippen LogP contribution is -2.47. The van der Waals surface area contributed by atoms with Crippen LogP contribution in [0.1, 0.15) is 45.4 Å². The Morgan fingerprint density at radius 2 is 1.94 bits per heavy atom. The van der Waals surface area contributed by atoms with Crippen molar-refractivity contribution in [3.63, 3.8) is 0 Å². The van der Waals surface area contributed by atoms with E-state index < -0.39 is 10.0 Å². The highest BCUT2D eigenvalue weighted by molar-refractivity contribution is 7.88. The predicted molar refractivity (Wildman–Crippen MR) is 74.0 cm³/mol. The number of rotatable bonds is 4. The van der Waals surface area contributed by atoms with Crippen LogP contribution in [-0.2, 0) is 10.0 Å². The molecular formula is C13H26N2O2S. The predicted octanol–water partition coefficient (Wildman–Crippen LogP) is 1.58. The van der Waals surface area contributed by atoms with E-state index >= 15 is 0 Å². The van der Waals surface area contributed by atoms with Gasteiger partial charge in [-0.2, -0.15) is 0 Å². The Bertz CT molecular complexity index is 374. The minimum absolute atomic E-state index is 0.299. The third-order valence-electron chi connectivity index (χ3n) is 4.48. The summed E-state index contributed by atoms with van der Waals surface area (Å²) in [5, 5.41) is 3.68. The molecule has 0 spiro atoms. The van der Waals surface area contributed by atoms with Gasteiger partial charge in [-0.05, 0) is 45.1 Å². The molecule has 1 aliphatic carbocycles. The second-order valence-electron chi connectivity index (χ2n) is 6.28. The van der Waals surface area contributed by atoms with E-state index in [1.807, 2.05) is 0 Å². The van der Waals surface area contributed by atoms with Gasteiger partial charge >= 0.3 is 0 Å². The normalized spacial score (nSPS) is 29.6. The van der Waals surface area contributed by atoms with Crippen molar-refractivity contribution in [2.45, 2.75) is 51.0 Å². The number of hydrogen-bond acceptors (Lipinski definition) is 3. The highest BCUT2D eigenvalue weighted by atomic mass is 32.2. The number of hydrogen-bond donors (Lipinski definition) is 1. The van der Waals surface area contributed by atoms with Gasteiger partial charge in [0.2, 0.25) is 10.0 Å². The van der Waals surface area contributed by atoms with E-state index in [0.29, 0.717) is 24.5 Å². The van der Waals surface area contributed by atoms with E-state index in [4.69, 9.17) is 0 Å². The first-order valence-corrected chi connectivity index (χ1v) is 8.94. The molecule has 1 atom stereocenters. The lowest BCUT2D eigenvalue weighted by atomic mass is 9.96. The summed E-state index contributed by atoms with van der Waals surface area (Å²) in [5.74, 6) is 0.478. The van der Waals surface area contributed by atoms with Crippen molar-refractivity contribution >= 4 is 10.0 Å². The molecule has 106 valence electrons. The number of piperidine rings is 1. The van der Waals surface area contributed by atoms with Gasteiger partial charge in [-0.1, -0.05) is 12.8 Å². The first-order valence-electron chi connectivity index (χ1n) is 7.09. The van der Waals surface area contributed by atoms with E-state index in [1.165, 1.54) is 31.9 Å². The van der Waals surface area contributed by atoms with Crippen molar-refractivity contribution < 1.29 is 8.42 Å². The lowest BCUT2D eigenvalue weighted by molar-refractivity contribution is 0.238. The summed E-state index contributed by atoms with van der Waals surface area (Å²) < 4.78 is 24.8. The monoisotopic (exact) mass is 274 g/mol. The Kier molecular flexibility index (Phi) is 4.34. The topological polar surface area (TPSA) is 49.4 Å². The molecule has 5 heteroatoms.